The molecular weight excluding hydrogens is 344 g/mol. The first-order valence-corrected chi connectivity index (χ1v) is 8.32. The number of carbonyl (C=O) groups excluding carboxylic acids is 1. The second kappa shape index (κ2) is 6.83. The molecule has 0 radical (unpaired) electrons. The van der Waals surface area contributed by atoms with Crippen molar-refractivity contribution in [3.63, 3.8) is 0 Å². The van der Waals surface area contributed by atoms with Crippen LogP contribution in [0.2, 0.25) is 0 Å². The second-order valence-electron chi connectivity index (χ2n) is 5.47. The van der Waals surface area contributed by atoms with Gasteiger partial charge in [0.05, 0.1) is 18.2 Å². The average molecular weight is 358 g/mol. The van der Waals surface area contributed by atoms with E-state index in [9.17, 15) is 9.59 Å². The van der Waals surface area contributed by atoms with Gasteiger partial charge >= 0.3 is 12.1 Å². The van der Waals surface area contributed by atoms with Gasteiger partial charge in [-0.1, -0.05) is 0 Å². The number of carboxylic acids is 1. The summed E-state index contributed by atoms with van der Waals surface area (Å²) < 4.78 is 11.1. The van der Waals surface area contributed by atoms with E-state index >= 15 is 0 Å². The summed E-state index contributed by atoms with van der Waals surface area (Å²) in [4.78, 5) is 24.7. The Hall–Kier alpha value is -3.05. The Kier molecular flexibility index (Phi) is 4.59. The number of rotatable bonds is 5. The molecule has 7 nitrogen and oxygen atoms in total. The van der Waals surface area contributed by atoms with Crippen molar-refractivity contribution in [3.8, 4) is 11.8 Å². The first-order chi connectivity index (χ1) is 12.0. The highest BCUT2D eigenvalue weighted by atomic mass is 32.1. The number of amides is 1. The number of anilines is 1. The summed E-state index contributed by atoms with van der Waals surface area (Å²) in [6, 6.07) is 10.1. The van der Waals surface area contributed by atoms with Gasteiger partial charge in [0.25, 0.3) is 0 Å². The summed E-state index contributed by atoms with van der Waals surface area (Å²) in [5, 5.41) is 19.4. The van der Waals surface area contributed by atoms with Crippen LogP contribution in [-0.2, 0) is 4.74 Å². The molecule has 3 rings (SSSR count). The van der Waals surface area contributed by atoms with Crippen molar-refractivity contribution < 1.29 is 24.2 Å². The van der Waals surface area contributed by atoms with Gasteiger partial charge in [0, 0.05) is 17.1 Å². The number of hydrogen-bond acceptors (Lipinski definition) is 6. The normalized spacial score (nSPS) is 17.7. The quantitative estimate of drug-likeness (QED) is 0.881. The van der Waals surface area contributed by atoms with Crippen LogP contribution in [0.15, 0.2) is 35.7 Å². The van der Waals surface area contributed by atoms with Crippen LogP contribution in [0.3, 0.4) is 0 Å². The minimum atomic E-state index is -1.01. The maximum atomic E-state index is 12.1. The van der Waals surface area contributed by atoms with Gasteiger partial charge in [-0.25, -0.2) is 9.59 Å². The minimum absolute atomic E-state index is 0.185. The molecule has 0 aliphatic carbocycles. The maximum absolute atomic E-state index is 12.1. The molecule has 2 atom stereocenters. The average Bonchev–Trinajstić information content (AvgIpc) is 3.22. The summed E-state index contributed by atoms with van der Waals surface area (Å²) in [6.45, 7) is 2.07. The molecule has 1 aliphatic rings. The van der Waals surface area contributed by atoms with Crippen molar-refractivity contribution in [1.82, 2.24) is 0 Å². The van der Waals surface area contributed by atoms with Gasteiger partial charge in [0.15, 0.2) is 6.10 Å². The van der Waals surface area contributed by atoms with Crippen LogP contribution in [0, 0.1) is 11.3 Å². The Morgan fingerprint density at radius 1 is 1.48 bits per heavy atom. The van der Waals surface area contributed by atoms with Crippen molar-refractivity contribution in [2.75, 3.05) is 11.4 Å². The van der Waals surface area contributed by atoms with Crippen LogP contribution in [-0.4, -0.2) is 35.9 Å². The molecule has 2 heterocycles. The third kappa shape index (κ3) is 3.56. The SMILES string of the molecule is CC(Oc1csc(C(=O)O)c1)C1CN(c2ccc(C#N)cc2)C(=O)O1. The molecule has 25 heavy (non-hydrogen) atoms. The van der Waals surface area contributed by atoms with E-state index in [1.165, 1.54) is 11.0 Å². The smallest absolute Gasteiger partial charge is 0.414 e. The summed E-state index contributed by atoms with van der Waals surface area (Å²) in [5.41, 5.74) is 1.15. The largest absolute Gasteiger partial charge is 0.486 e. The lowest BCUT2D eigenvalue weighted by atomic mass is 10.2. The van der Waals surface area contributed by atoms with Crippen molar-refractivity contribution in [2.45, 2.75) is 19.1 Å². The van der Waals surface area contributed by atoms with Gasteiger partial charge in [0.1, 0.15) is 16.7 Å². The van der Waals surface area contributed by atoms with Crippen LogP contribution in [0.1, 0.15) is 22.2 Å². The Labute approximate surface area is 147 Å². The zero-order valence-electron chi connectivity index (χ0n) is 13.2. The first-order valence-electron chi connectivity index (χ1n) is 7.44. The van der Waals surface area contributed by atoms with Gasteiger partial charge < -0.3 is 14.6 Å². The van der Waals surface area contributed by atoms with Gasteiger partial charge in [-0.05, 0) is 31.2 Å². The number of nitrogens with zero attached hydrogens (tertiary/aromatic N) is 2. The fraction of sp³-hybridized carbons (Fsp3) is 0.235. The molecule has 1 aromatic carbocycles. The molecule has 1 aliphatic heterocycles. The topological polar surface area (TPSA) is 99.9 Å². The van der Waals surface area contributed by atoms with Crippen molar-refractivity contribution in [3.05, 3.63) is 46.2 Å². The van der Waals surface area contributed by atoms with Crippen molar-refractivity contribution >= 4 is 29.1 Å². The van der Waals surface area contributed by atoms with Crippen LogP contribution >= 0.6 is 11.3 Å². The fourth-order valence-corrected chi connectivity index (χ4v) is 3.09. The molecule has 2 unspecified atom stereocenters. The molecule has 1 N–H and O–H groups in total. The van der Waals surface area contributed by atoms with E-state index in [1.54, 1.807) is 36.6 Å². The molecular formula is C17H14N2O5S. The lowest BCUT2D eigenvalue weighted by molar-refractivity contribution is 0.0581. The van der Waals surface area contributed by atoms with Gasteiger partial charge in [-0.3, -0.25) is 4.90 Å². The number of benzene rings is 1. The number of carboxylic acid groups (broad SMARTS) is 1. The molecule has 0 spiro atoms. The Bertz CT molecular complexity index is 839. The lowest BCUT2D eigenvalue weighted by Gasteiger charge is -2.18. The zero-order chi connectivity index (χ0) is 18.0. The van der Waals surface area contributed by atoms with E-state index in [0.29, 0.717) is 23.5 Å². The highest BCUT2D eigenvalue weighted by Crippen LogP contribution is 2.27. The zero-order valence-corrected chi connectivity index (χ0v) is 14.0. The lowest BCUT2D eigenvalue weighted by Crippen LogP contribution is -2.33. The second-order valence-corrected chi connectivity index (χ2v) is 6.38. The molecule has 1 fully saturated rings. The fourth-order valence-electron chi connectivity index (χ4n) is 2.44. The van der Waals surface area contributed by atoms with Crippen LogP contribution < -0.4 is 9.64 Å². The Morgan fingerprint density at radius 3 is 2.80 bits per heavy atom. The molecule has 1 saturated heterocycles. The molecule has 1 amide bonds. The van der Waals surface area contributed by atoms with Crippen LogP contribution in [0.4, 0.5) is 10.5 Å². The Morgan fingerprint density at radius 2 is 2.20 bits per heavy atom. The number of carbonyl (C=O) groups is 2. The molecule has 2 aromatic rings. The highest BCUT2D eigenvalue weighted by Gasteiger charge is 2.36. The number of aromatic carboxylic acids is 1. The van der Waals surface area contributed by atoms with Gasteiger partial charge in [-0.2, -0.15) is 5.26 Å². The maximum Gasteiger partial charge on any atom is 0.414 e. The van der Waals surface area contributed by atoms with E-state index in [0.717, 1.165) is 11.3 Å². The summed E-state index contributed by atoms with van der Waals surface area (Å²) in [5.74, 6) is -0.574. The van der Waals surface area contributed by atoms with Crippen LogP contribution in [0.5, 0.6) is 5.75 Å². The summed E-state index contributed by atoms with van der Waals surface area (Å²) in [7, 11) is 0. The number of thiophene rings is 1. The van der Waals surface area contributed by atoms with E-state index in [2.05, 4.69) is 0 Å². The predicted molar refractivity (Wildman–Crippen MR) is 90.1 cm³/mol. The van der Waals surface area contributed by atoms with E-state index in [4.69, 9.17) is 19.8 Å². The first kappa shape index (κ1) is 16.8. The molecule has 1 aromatic heterocycles. The highest BCUT2D eigenvalue weighted by molar-refractivity contribution is 7.12. The molecule has 0 bridgehead atoms. The predicted octanol–water partition coefficient (Wildman–Crippen LogP) is 3.11. The van der Waals surface area contributed by atoms with Crippen molar-refractivity contribution in [1.29, 1.82) is 5.26 Å². The number of ether oxygens (including phenoxy) is 2. The third-order valence-corrected chi connectivity index (χ3v) is 4.67. The molecule has 8 heteroatoms. The molecule has 128 valence electrons. The van der Waals surface area contributed by atoms with Gasteiger partial charge in [-0.15, -0.1) is 11.3 Å². The Balaban J connectivity index is 1.66. The summed E-state index contributed by atoms with van der Waals surface area (Å²) >= 11 is 1.07. The number of nitriles is 1. The summed E-state index contributed by atoms with van der Waals surface area (Å²) in [6.07, 6.45) is -1.42. The van der Waals surface area contributed by atoms with E-state index < -0.39 is 24.3 Å². The van der Waals surface area contributed by atoms with E-state index in [-0.39, 0.29) is 4.88 Å². The van der Waals surface area contributed by atoms with Gasteiger partial charge in [0.2, 0.25) is 0 Å². The van der Waals surface area contributed by atoms with E-state index in [1.807, 2.05) is 6.07 Å². The standard InChI is InChI=1S/C17H14N2O5S/c1-10(23-13-6-15(16(20)21)25-9-13)14-8-19(17(22)24-14)12-4-2-11(7-18)3-5-12/h2-6,9-10,14H,8H2,1H3,(H,20,21). The monoisotopic (exact) mass is 358 g/mol. The minimum Gasteiger partial charge on any atom is -0.486 e. The third-order valence-electron chi connectivity index (χ3n) is 3.77. The molecule has 0 saturated carbocycles. The van der Waals surface area contributed by atoms with Crippen LogP contribution in [0.25, 0.3) is 0 Å². The van der Waals surface area contributed by atoms with Crippen molar-refractivity contribution in [2.24, 2.45) is 0 Å². The number of cyclic esters (lactones) is 1. The number of hydrogen-bond donors (Lipinski definition) is 1.